The Kier molecular flexibility index (Phi) is 5.58. The molecule has 0 spiro atoms. The number of hydrogen-bond donors (Lipinski definition) is 2. The van der Waals surface area contributed by atoms with Gasteiger partial charge in [-0.1, -0.05) is 0 Å². The molecule has 3 nitrogen and oxygen atoms in total. The second-order valence-electron chi connectivity index (χ2n) is 3.62. The van der Waals surface area contributed by atoms with E-state index in [0.29, 0.717) is 4.77 Å². The second kappa shape index (κ2) is 7.20. The van der Waals surface area contributed by atoms with Crippen LogP contribution in [-0.4, -0.2) is 22.3 Å². The molecule has 96 valence electrons. The van der Waals surface area contributed by atoms with Gasteiger partial charge in [0.05, 0.1) is 6.61 Å². The standard InChI is InChI=1S/C12H13IN2OS2/c13-9-1-3-11(4-2-9)16-5-6-18-8-10-7-14-12(17)15-10/h1-4,7H,5-6,8H2,(H2,14,15,17). The molecule has 2 N–H and O–H groups in total. The molecule has 1 aromatic carbocycles. The highest BCUT2D eigenvalue weighted by Gasteiger charge is 1.97. The van der Waals surface area contributed by atoms with Gasteiger partial charge in [-0.15, -0.1) is 0 Å². The van der Waals surface area contributed by atoms with E-state index in [1.807, 2.05) is 42.2 Å². The van der Waals surface area contributed by atoms with Crippen LogP contribution in [0.25, 0.3) is 0 Å². The Bertz CT molecular complexity index is 536. The van der Waals surface area contributed by atoms with Crippen molar-refractivity contribution in [3.8, 4) is 5.75 Å². The Labute approximate surface area is 129 Å². The molecule has 1 aromatic heterocycles. The maximum Gasteiger partial charge on any atom is 0.174 e. The van der Waals surface area contributed by atoms with Gasteiger partial charge in [0.15, 0.2) is 4.77 Å². The number of thioether (sulfide) groups is 1. The average molecular weight is 392 g/mol. The number of halogens is 1. The van der Waals surface area contributed by atoms with E-state index in [0.717, 1.165) is 29.6 Å². The van der Waals surface area contributed by atoms with Gasteiger partial charge in [-0.3, -0.25) is 0 Å². The van der Waals surface area contributed by atoms with Crippen molar-refractivity contribution >= 4 is 46.6 Å². The van der Waals surface area contributed by atoms with Crippen molar-refractivity contribution in [3.63, 3.8) is 0 Å². The highest BCUT2D eigenvalue weighted by atomic mass is 127. The molecule has 0 aliphatic heterocycles. The van der Waals surface area contributed by atoms with Gasteiger partial charge in [0, 0.05) is 27.0 Å². The maximum atomic E-state index is 5.64. The molecule has 0 unspecified atom stereocenters. The van der Waals surface area contributed by atoms with Gasteiger partial charge in [0.25, 0.3) is 0 Å². The van der Waals surface area contributed by atoms with Gasteiger partial charge < -0.3 is 14.7 Å². The van der Waals surface area contributed by atoms with Crippen LogP contribution in [0.4, 0.5) is 0 Å². The first-order chi connectivity index (χ1) is 8.74. The van der Waals surface area contributed by atoms with E-state index >= 15 is 0 Å². The van der Waals surface area contributed by atoms with Crippen LogP contribution in [-0.2, 0) is 5.75 Å². The summed E-state index contributed by atoms with van der Waals surface area (Å²) in [6.07, 6.45) is 1.91. The topological polar surface area (TPSA) is 40.8 Å². The Morgan fingerprint density at radius 2 is 2.06 bits per heavy atom. The third-order valence-electron chi connectivity index (χ3n) is 2.22. The highest BCUT2D eigenvalue weighted by molar-refractivity contribution is 14.1. The van der Waals surface area contributed by atoms with Crippen molar-refractivity contribution in [2.24, 2.45) is 0 Å². The fourth-order valence-electron chi connectivity index (χ4n) is 1.38. The number of imidazole rings is 1. The van der Waals surface area contributed by atoms with Crippen LogP contribution in [0, 0.1) is 8.34 Å². The van der Waals surface area contributed by atoms with Crippen LogP contribution < -0.4 is 4.74 Å². The Hall–Kier alpha value is -0.470. The SMILES string of the molecule is S=c1[nH]cc(CSCCOc2ccc(I)cc2)[nH]1. The largest absolute Gasteiger partial charge is 0.493 e. The summed E-state index contributed by atoms with van der Waals surface area (Å²) in [4.78, 5) is 6.04. The van der Waals surface area contributed by atoms with Crippen LogP contribution in [0.3, 0.4) is 0 Å². The quantitative estimate of drug-likeness (QED) is 0.444. The molecule has 0 bridgehead atoms. The highest BCUT2D eigenvalue weighted by Crippen LogP contribution is 2.14. The summed E-state index contributed by atoms with van der Waals surface area (Å²) in [5, 5.41) is 0. The minimum absolute atomic E-state index is 0.681. The lowest BCUT2D eigenvalue weighted by Crippen LogP contribution is -2.00. The first-order valence-corrected chi connectivity index (χ1v) is 8.11. The molecule has 18 heavy (non-hydrogen) atoms. The lowest BCUT2D eigenvalue weighted by atomic mass is 10.3. The Morgan fingerprint density at radius 1 is 1.28 bits per heavy atom. The lowest BCUT2D eigenvalue weighted by Gasteiger charge is -2.05. The van der Waals surface area contributed by atoms with Crippen molar-refractivity contribution in [1.82, 2.24) is 9.97 Å². The van der Waals surface area contributed by atoms with E-state index in [1.165, 1.54) is 3.57 Å². The van der Waals surface area contributed by atoms with Crippen molar-refractivity contribution in [3.05, 3.63) is 44.5 Å². The van der Waals surface area contributed by atoms with Crippen LogP contribution in [0.1, 0.15) is 5.69 Å². The molecular weight excluding hydrogens is 379 g/mol. The number of ether oxygens (including phenoxy) is 1. The van der Waals surface area contributed by atoms with E-state index < -0.39 is 0 Å². The number of nitrogens with one attached hydrogen (secondary N) is 2. The Morgan fingerprint density at radius 3 is 2.72 bits per heavy atom. The van der Waals surface area contributed by atoms with Gasteiger partial charge in [-0.2, -0.15) is 11.8 Å². The molecule has 0 amide bonds. The van der Waals surface area contributed by atoms with Crippen LogP contribution in [0.15, 0.2) is 30.5 Å². The molecule has 2 aromatic rings. The minimum Gasteiger partial charge on any atom is -0.493 e. The fraction of sp³-hybridized carbons (Fsp3) is 0.250. The van der Waals surface area contributed by atoms with Gasteiger partial charge >= 0.3 is 0 Å². The zero-order chi connectivity index (χ0) is 12.8. The Balaban J connectivity index is 1.64. The third kappa shape index (κ3) is 4.66. The summed E-state index contributed by atoms with van der Waals surface area (Å²) in [6.45, 7) is 0.719. The molecule has 0 aliphatic carbocycles. The van der Waals surface area contributed by atoms with Crippen LogP contribution in [0.5, 0.6) is 5.75 Å². The smallest absolute Gasteiger partial charge is 0.174 e. The molecule has 0 radical (unpaired) electrons. The monoisotopic (exact) mass is 392 g/mol. The van der Waals surface area contributed by atoms with E-state index in [4.69, 9.17) is 17.0 Å². The minimum atomic E-state index is 0.681. The molecule has 0 fully saturated rings. The van der Waals surface area contributed by atoms with E-state index in [1.54, 1.807) is 0 Å². The van der Waals surface area contributed by atoms with E-state index in [2.05, 4.69) is 32.6 Å². The van der Waals surface area contributed by atoms with E-state index in [9.17, 15) is 0 Å². The molecular formula is C12H13IN2OS2. The van der Waals surface area contributed by atoms with Gasteiger partial charge in [-0.05, 0) is 59.1 Å². The summed E-state index contributed by atoms with van der Waals surface area (Å²) in [5.74, 6) is 2.80. The molecule has 0 saturated heterocycles. The van der Waals surface area contributed by atoms with Gasteiger partial charge in [0.2, 0.25) is 0 Å². The molecule has 1 heterocycles. The van der Waals surface area contributed by atoms with E-state index in [-0.39, 0.29) is 0 Å². The predicted molar refractivity (Wildman–Crippen MR) is 86.8 cm³/mol. The number of rotatable bonds is 6. The first-order valence-electron chi connectivity index (χ1n) is 5.47. The summed E-state index contributed by atoms with van der Waals surface area (Å²) in [5.41, 5.74) is 1.12. The zero-order valence-electron chi connectivity index (χ0n) is 9.61. The van der Waals surface area contributed by atoms with Crippen LogP contribution in [0.2, 0.25) is 0 Å². The third-order valence-corrected chi connectivity index (χ3v) is 4.13. The summed E-state index contributed by atoms with van der Waals surface area (Å²) < 4.78 is 7.54. The second-order valence-corrected chi connectivity index (χ2v) is 6.38. The molecule has 6 heteroatoms. The molecule has 0 atom stereocenters. The van der Waals surface area contributed by atoms with Gasteiger partial charge in [-0.25, -0.2) is 0 Å². The van der Waals surface area contributed by atoms with Crippen molar-refractivity contribution in [2.45, 2.75) is 5.75 Å². The fourth-order valence-corrected chi connectivity index (χ4v) is 2.65. The number of aromatic nitrogens is 2. The maximum absolute atomic E-state index is 5.64. The number of H-pyrrole nitrogens is 2. The number of hydrogen-bond acceptors (Lipinski definition) is 3. The summed E-state index contributed by atoms with van der Waals surface area (Å²) >= 11 is 9.06. The predicted octanol–water partition coefficient (Wildman–Crippen LogP) is 3.99. The van der Waals surface area contributed by atoms with Crippen molar-refractivity contribution in [2.75, 3.05) is 12.4 Å². The number of benzene rings is 1. The average Bonchev–Trinajstić information content (AvgIpc) is 2.77. The van der Waals surface area contributed by atoms with Crippen LogP contribution >= 0.6 is 46.6 Å². The first kappa shape index (κ1) is 14.0. The zero-order valence-corrected chi connectivity index (χ0v) is 13.4. The summed E-state index contributed by atoms with van der Waals surface area (Å²) in [7, 11) is 0. The number of aromatic amines is 2. The van der Waals surface area contributed by atoms with Crippen molar-refractivity contribution in [1.29, 1.82) is 0 Å². The van der Waals surface area contributed by atoms with Gasteiger partial charge in [0.1, 0.15) is 5.75 Å². The normalized spacial score (nSPS) is 10.5. The molecule has 2 rings (SSSR count). The summed E-state index contributed by atoms with van der Waals surface area (Å²) in [6, 6.07) is 8.08. The molecule has 0 aliphatic rings. The molecule has 0 saturated carbocycles. The van der Waals surface area contributed by atoms with Crippen molar-refractivity contribution < 1.29 is 4.74 Å². The lowest BCUT2D eigenvalue weighted by molar-refractivity contribution is 0.344.